The highest BCUT2D eigenvalue weighted by molar-refractivity contribution is 7.89. The van der Waals surface area contributed by atoms with Gasteiger partial charge >= 0.3 is 0 Å². The maximum absolute atomic E-state index is 12.4. The van der Waals surface area contributed by atoms with Gasteiger partial charge in [0.15, 0.2) is 0 Å². The van der Waals surface area contributed by atoms with E-state index in [0.29, 0.717) is 13.1 Å². The molecule has 6 heteroatoms. The first-order chi connectivity index (χ1) is 9.18. The van der Waals surface area contributed by atoms with Crippen molar-refractivity contribution in [2.45, 2.75) is 17.7 Å². The number of aromatic amines is 1. The number of sulfonamides is 1. The molecule has 0 atom stereocenters. The molecule has 5 nitrogen and oxygen atoms in total. The molecule has 0 spiro atoms. The van der Waals surface area contributed by atoms with Crippen LogP contribution in [0.5, 0.6) is 0 Å². The Bertz CT molecular complexity index is 638. The van der Waals surface area contributed by atoms with Gasteiger partial charge in [0.05, 0.1) is 6.20 Å². The molecule has 19 heavy (non-hydrogen) atoms. The van der Waals surface area contributed by atoms with Gasteiger partial charge in [0.1, 0.15) is 4.90 Å². The minimum absolute atomic E-state index is 0.235. The SMILES string of the molecule is O=S(=O)(c1cn[nH]c1)N1CCc2ccccc2CC1. The molecule has 0 amide bonds. The molecule has 0 aliphatic carbocycles. The normalized spacial score (nSPS) is 16.8. The van der Waals surface area contributed by atoms with Gasteiger partial charge in [-0.25, -0.2) is 8.42 Å². The van der Waals surface area contributed by atoms with Gasteiger partial charge in [-0.1, -0.05) is 24.3 Å². The van der Waals surface area contributed by atoms with Gasteiger partial charge < -0.3 is 0 Å². The van der Waals surface area contributed by atoms with Gasteiger partial charge in [-0.05, 0) is 24.0 Å². The summed E-state index contributed by atoms with van der Waals surface area (Å²) < 4.78 is 26.4. The third kappa shape index (κ3) is 2.29. The van der Waals surface area contributed by atoms with E-state index in [9.17, 15) is 8.42 Å². The zero-order valence-corrected chi connectivity index (χ0v) is 11.2. The summed E-state index contributed by atoms with van der Waals surface area (Å²) in [5.74, 6) is 0. The molecule has 1 aliphatic heterocycles. The Balaban J connectivity index is 1.87. The van der Waals surface area contributed by atoms with Gasteiger partial charge in [-0.2, -0.15) is 9.40 Å². The first kappa shape index (κ1) is 12.4. The second-order valence-electron chi connectivity index (χ2n) is 4.61. The minimum Gasteiger partial charge on any atom is -0.284 e. The highest BCUT2D eigenvalue weighted by Crippen LogP contribution is 2.20. The maximum atomic E-state index is 12.4. The van der Waals surface area contributed by atoms with Crippen molar-refractivity contribution in [2.75, 3.05) is 13.1 Å². The fourth-order valence-electron chi connectivity index (χ4n) is 2.42. The van der Waals surface area contributed by atoms with Gasteiger partial charge in [-0.15, -0.1) is 0 Å². The molecule has 2 aromatic rings. The van der Waals surface area contributed by atoms with E-state index in [1.54, 1.807) is 0 Å². The molecule has 0 bridgehead atoms. The lowest BCUT2D eigenvalue weighted by atomic mass is 10.0. The number of aromatic nitrogens is 2. The molecule has 0 saturated heterocycles. The van der Waals surface area contributed by atoms with Crippen molar-refractivity contribution in [1.29, 1.82) is 0 Å². The zero-order chi connectivity index (χ0) is 13.3. The van der Waals surface area contributed by atoms with Crippen LogP contribution in [0, 0.1) is 0 Å². The van der Waals surface area contributed by atoms with Gasteiger partial charge in [-0.3, -0.25) is 5.10 Å². The lowest BCUT2D eigenvalue weighted by Gasteiger charge is -2.18. The van der Waals surface area contributed by atoms with Crippen LogP contribution in [-0.4, -0.2) is 36.0 Å². The molecule has 0 radical (unpaired) electrons. The van der Waals surface area contributed by atoms with Crippen molar-refractivity contribution in [2.24, 2.45) is 0 Å². The Labute approximate surface area is 112 Å². The molecule has 1 aromatic carbocycles. The molecule has 0 unspecified atom stereocenters. The number of nitrogens with zero attached hydrogens (tertiary/aromatic N) is 2. The van der Waals surface area contributed by atoms with Gasteiger partial charge in [0, 0.05) is 19.3 Å². The average molecular weight is 277 g/mol. The summed E-state index contributed by atoms with van der Waals surface area (Å²) in [6.45, 7) is 1.04. The number of benzene rings is 1. The van der Waals surface area contributed by atoms with Crippen LogP contribution in [0.4, 0.5) is 0 Å². The lowest BCUT2D eigenvalue weighted by molar-refractivity contribution is 0.426. The number of fused-ring (bicyclic) bond motifs is 1. The van der Waals surface area contributed by atoms with Crippen LogP contribution in [0.3, 0.4) is 0 Å². The second kappa shape index (κ2) is 4.79. The van der Waals surface area contributed by atoms with E-state index >= 15 is 0 Å². The summed E-state index contributed by atoms with van der Waals surface area (Å²) in [6, 6.07) is 8.14. The van der Waals surface area contributed by atoms with Crippen LogP contribution >= 0.6 is 0 Å². The van der Waals surface area contributed by atoms with Crippen LogP contribution < -0.4 is 0 Å². The van der Waals surface area contributed by atoms with Crippen LogP contribution in [0.15, 0.2) is 41.6 Å². The molecule has 1 N–H and O–H groups in total. The molecule has 0 fully saturated rings. The lowest BCUT2D eigenvalue weighted by Crippen LogP contribution is -2.33. The van der Waals surface area contributed by atoms with Crippen LogP contribution in [0.2, 0.25) is 0 Å². The smallest absolute Gasteiger partial charge is 0.246 e. The van der Waals surface area contributed by atoms with E-state index in [1.807, 2.05) is 12.1 Å². The van der Waals surface area contributed by atoms with Crippen molar-refractivity contribution < 1.29 is 8.42 Å². The minimum atomic E-state index is -3.42. The molecule has 1 aliphatic rings. The van der Waals surface area contributed by atoms with Crippen LogP contribution in [-0.2, 0) is 22.9 Å². The van der Waals surface area contributed by atoms with Crippen LogP contribution in [0.1, 0.15) is 11.1 Å². The number of nitrogens with one attached hydrogen (secondary N) is 1. The standard InChI is InChI=1S/C13H15N3O2S/c17-19(18,13-9-14-15-10-13)16-7-5-11-3-1-2-4-12(11)6-8-16/h1-4,9-10H,5-8H2,(H,14,15). The Morgan fingerprint density at radius 2 is 1.74 bits per heavy atom. The fourth-order valence-corrected chi connectivity index (χ4v) is 3.77. The summed E-state index contributed by atoms with van der Waals surface area (Å²) >= 11 is 0. The van der Waals surface area contributed by atoms with Crippen molar-refractivity contribution >= 4 is 10.0 Å². The first-order valence-corrected chi connectivity index (χ1v) is 7.67. The van der Waals surface area contributed by atoms with E-state index < -0.39 is 10.0 Å². The summed E-state index contributed by atoms with van der Waals surface area (Å²) in [7, 11) is -3.42. The van der Waals surface area contributed by atoms with Crippen molar-refractivity contribution in [3.05, 3.63) is 47.8 Å². The summed E-state index contributed by atoms with van der Waals surface area (Å²) in [4.78, 5) is 0.235. The third-order valence-electron chi connectivity index (χ3n) is 3.49. The fraction of sp³-hybridized carbons (Fsp3) is 0.308. The molecule has 1 aromatic heterocycles. The molecular formula is C13H15N3O2S. The van der Waals surface area contributed by atoms with E-state index in [4.69, 9.17) is 0 Å². The summed E-state index contributed by atoms with van der Waals surface area (Å²) in [6.07, 6.45) is 4.29. The quantitative estimate of drug-likeness (QED) is 0.897. The Morgan fingerprint density at radius 1 is 1.11 bits per heavy atom. The van der Waals surface area contributed by atoms with E-state index in [0.717, 1.165) is 12.8 Å². The van der Waals surface area contributed by atoms with Crippen molar-refractivity contribution in [3.8, 4) is 0 Å². The van der Waals surface area contributed by atoms with Crippen LogP contribution in [0.25, 0.3) is 0 Å². The largest absolute Gasteiger partial charge is 0.284 e. The highest BCUT2D eigenvalue weighted by atomic mass is 32.2. The molecule has 3 rings (SSSR count). The second-order valence-corrected chi connectivity index (χ2v) is 6.54. The van der Waals surface area contributed by atoms with E-state index in [-0.39, 0.29) is 4.90 Å². The van der Waals surface area contributed by atoms with E-state index in [2.05, 4.69) is 22.3 Å². The number of hydrogen-bond donors (Lipinski definition) is 1. The molecule has 2 heterocycles. The number of rotatable bonds is 2. The van der Waals surface area contributed by atoms with Gasteiger partial charge in [0.2, 0.25) is 10.0 Å². The predicted molar refractivity (Wildman–Crippen MR) is 71.2 cm³/mol. The summed E-state index contributed by atoms with van der Waals surface area (Å²) in [5, 5.41) is 6.27. The maximum Gasteiger partial charge on any atom is 0.246 e. The zero-order valence-electron chi connectivity index (χ0n) is 10.4. The van der Waals surface area contributed by atoms with E-state index in [1.165, 1.54) is 27.8 Å². The molecule has 0 saturated carbocycles. The Hall–Kier alpha value is -1.66. The highest BCUT2D eigenvalue weighted by Gasteiger charge is 2.26. The average Bonchev–Trinajstić information content (AvgIpc) is 2.86. The Morgan fingerprint density at radius 3 is 2.26 bits per heavy atom. The van der Waals surface area contributed by atoms with Crippen molar-refractivity contribution in [1.82, 2.24) is 14.5 Å². The third-order valence-corrected chi connectivity index (χ3v) is 5.35. The number of H-pyrrole nitrogens is 1. The first-order valence-electron chi connectivity index (χ1n) is 6.23. The van der Waals surface area contributed by atoms with Gasteiger partial charge in [0.25, 0.3) is 0 Å². The monoisotopic (exact) mass is 277 g/mol. The molecule has 100 valence electrons. The summed E-state index contributed by atoms with van der Waals surface area (Å²) in [5.41, 5.74) is 2.49. The number of hydrogen-bond acceptors (Lipinski definition) is 3. The Kier molecular flexibility index (Phi) is 3.12. The topological polar surface area (TPSA) is 66.1 Å². The van der Waals surface area contributed by atoms with Crippen molar-refractivity contribution in [3.63, 3.8) is 0 Å². The molecular weight excluding hydrogens is 262 g/mol. The predicted octanol–water partition coefficient (Wildman–Crippen LogP) is 1.20.